The SMILES string of the molecule is COc1cc(-c2cccc3cc([C@H](C)NC(=O)c4ncc(C)nc4N)n(-c4ccccc4)c(=O)c23)ccn1. The topological polar surface area (TPSA) is 125 Å². The summed E-state index contributed by atoms with van der Waals surface area (Å²) in [5, 5.41) is 4.21. The molecule has 2 aromatic carbocycles. The lowest BCUT2D eigenvalue weighted by Crippen LogP contribution is -2.33. The minimum absolute atomic E-state index is 0.0331. The molecular formula is C29H26N6O3. The van der Waals surface area contributed by atoms with Crippen LogP contribution in [0.15, 0.2) is 83.9 Å². The van der Waals surface area contributed by atoms with Gasteiger partial charge in [0.15, 0.2) is 11.5 Å². The van der Waals surface area contributed by atoms with Crippen molar-refractivity contribution < 1.29 is 9.53 Å². The number of nitrogens with two attached hydrogens (primary N) is 1. The van der Waals surface area contributed by atoms with E-state index >= 15 is 0 Å². The molecule has 9 nitrogen and oxygen atoms in total. The summed E-state index contributed by atoms with van der Waals surface area (Å²) >= 11 is 0. The molecule has 9 heteroatoms. The van der Waals surface area contributed by atoms with E-state index in [0.29, 0.717) is 28.3 Å². The molecular weight excluding hydrogens is 480 g/mol. The molecule has 1 atom stereocenters. The van der Waals surface area contributed by atoms with Crippen LogP contribution in [0.4, 0.5) is 5.82 Å². The van der Waals surface area contributed by atoms with Crippen molar-refractivity contribution in [2.75, 3.05) is 12.8 Å². The zero-order chi connectivity index (χ0) is 26.8. The molecule has 0 saturated heterocycles. The third-order valence-electron chi connectivity index (χ3n) is 6.27. The van der Waals surface area contributed by atoms with Crippen LogP contribution in [-0.2, 0) is 0 Å². The maximum absolute atomic E-state index is 14.2. The number of benzene rings is 2. The monoisotopic (exact) mass is 506 g/mol. The Kier molecular flexibility index (Phi) is 6.57. The first-order valence-electron chi connectivity index (χ1n) is 12.0. The summed E-state index contributed by atoms with van der Waals surface area (Å²) in [5.41, 5.74) is 9.21. The van der Waals surface area contributed by atoms with Gasteiger partial charge in [-0.05, 0) is 54.6 Å². The molecule has 0 spiro atoms. The summed E-state index contributed by atoms with van der Waals surface area (Å²) in [6.45, 7) is 3.56. The van der Waals surface area contributed by atoms with E-state index in [1.165, 1.54) is 6.20 Å². The molecule has 0 aliphatic rings. The third-order valence-corrected chi connectivity index (χ3v) is 6.27. The number of carbonyl (C=O) groups excluding carboxylic acids is 1. The number of pyridine rings is 2. The highest BCUT2D eigenvalue weighted by molar-refractivity contribution is 5.98. The van der Waals surface area contributed by atoms with Crippen molar-refractivity contribution in [1.82, 2.24) is 24.8 Å². The molecule has 0 unspecified atom stereocenters. The highest BCUT2D eigenvalue weighted by atomic mass is 16.5. The maximum atomic E-state index is 14.2. The molecule has 3 heterocycles. The Morgan fingerprint density at radius 2 is 1.84 bits per heavy atom. The van der Waals surface area contributed by atoms with E-state index in [1.54, 1.807) is 30.9 Å². The molecule has 0 aliphatic carbocycles. The minimum atomic E-state index is -0.563. The first-order valence-corrected chi connectivity index (χ1v) is 12.0. The lowest BCUT2D eigenvalue weighted by molar-refractivity contribution is 0.0934. The molecule has 5 aromatic rings. The molecule has 38 heavy (non-hydrogen) atoms. The second-order valence-corrected chi connectivity index (χ2v) is 8.84. The predicted octanol–water partition coefficient (Wildman–Crippen LogP) is 4.23. The Hall–Kier alpha value is -5.05. The lowest BCUT2D eigenvalue weighted by Gasteiger charge is -2.22. The smallest absolute Gasteiger partial charge is 0.274 e. The van der Waals surface area contributed by atoms with Crippen molar-refractivity contribution in [1.29, 1.82) is 0 Å². The number of hydrogen-bond donors (Lipinski definition) is 2. The van der Waals surface area contributed by atoms with Gasteiger partial charge in [0.1, 0.15) is 0 Å². The van der Waals surface area contributed by atoms with Crippen LogP contribution >= 0.6 is 0 Å². The van der Waals surface area contributed by atoms with Crippen molar-refractivity contribution in [3.63, 3.8) is 0 Å². The molecule has 1 amide bonds. The van der Waals surface area contributed by atoms with E-state index in [9.17, 15) is 9.59 Å². The van der Waals surface area contributed by atoms with Crippen molar-refractivity contribution in [2.24, 2.45) is 0 Å². The van der Waals surface area contributed by atoms with Gasteiger partial charge >= 0.3 is 0 Å². The normalized spacial score (nSPS) is 11.8. The molecule has 5 rings (SSSR count). The predicted molar refractivity (Wildman–Crippen MR) is 146 cm³/mol. The fraction of sp³-hybridized carbons (Fsp3) is 0.138. The summed E-state index contributed by atoms with van der Waals surface area (Å²) < 4.78 is 6.92. The number of nitrogens with one attached hydrogen (secondary N) is 1. The van der Waals surface area contributed by atoms with E-state index in [1.807, 2.05) is 67.6 Å². The Labute approximate surface area is 219 Å². The Morgan fingerprint density at radius 3 is 2.58 bits per heavy atom. The average molecular weight is 507 g/mol. The van der Waals surface area contributed by atoms with Crippen molar-refractivity contribution in [3.05, 3.63) is 107 Å². The van der Waals surface area contributed by atoms with E-state index in [2.05, 4.69) is 20.3 Å². The summed E-state index contributed by atoms with van der Waals surface area (Å²) in [5.74, 6) is 0.0210. The number of carbonyl (C=O) groups is 1. The Morgan fingerprint density at radius 1 is 1.05 bits per heavy atom. The van der Waals surface area contributed by atoms with Gasteiger partial charge in [-0.1, -0.05) is 36.4 Å². The van der Waals surface area contributed by atoms with Gasteiger partial charge in [-0.3, -0.25) is 14.2 Å². The van der Waals surface area contributed by atoms with Crippen LogP contribution in [-0.4, -0.2) is 32.5 Å². The van der Waals surface area contributed by atoms with Gasteiger partial charge in [-0.2, -0.15) is 0 Å². The molecule has 190 valence electrons. The number of ether oxygens (including phenoxy) is 1. The number of aromatic nitrogens is 4. The van der Waals surface area contributed by atoms with Gasteiger partial charge < -0.3 is 15.8 Å². The number of hydrogen-bond acceptors (Lipinski definition) is 7. The number of para-hydroxylation sites is 1. The lowest BCUT2D eigenvalue weighted by atomic mass is 9.98. The van der Waals surface area contributed by atoms with Crippen LogP contribution in [0.1, 0.15) is 34.8 Å². The number of aryl methyl sites for hydroxylation is 1. The first-order chi connectivity index (χ1) is 18.4. The second-order valence-electron chi connectivity index (χ2n) is 8.84. The number of fused-ring (bicyclic) bond motifs is 1. The highest BCUT2D eigenvalue weighted by Crippen LogP contribution is 2.30. The molecule has 0 bridgehead atoms. The fourth-order valence-electron chi connectivity index (χ4n) is 4.48. The highest BCUT2D eigenvalue weighted by Gasteiger charge is 2.22. The molecule has 3 aromatic heterocycles. The van der Waals surface area contributed by atoms with Gasteiger partial charge in [0, 0.05) is 29.8 Å². The summed E-state index contributed by atoms with van der Waals surface area (Å²) in [4.78, 5) is 39.7. The van der Waals surface area contributed by atoms with Crippen molar-refractivity contribution >= 4 is 22.5 Å². The largest absolute Gasteiger partial charge is 0.481 e. The Bertz CT molecular complexity index is 1720. The molecule has 0 fully saturated rings. The molecule has 0 aliphatic heterocycles. The van der Waals surface area contributed by atoms with Crippen LogP contribution in [0, 0.1) is 6.92 Å². The van der Waals surface area contributed by atoms with Gasteiger partial charge in [-0.25, -0.2) is 15.0 Å². The van der Waals surface area contributed by atoms with Crippen molar-refractivity contribution in [3.8, 4) is 22.7 Å². The van der Waals surface area contributed by atoms with Gasteiger partial charge in [0.05, 0.1) is 24.2 Å². The fourth-order valence-corrected chi connectivity index (χ4v) is 4.48. The quantitative estimate of drug-likeness (QED) is 0.353. The number of anilines is 1. The van der Waals surface area contributed by atoms with Gasteiger partial charge in [0.2, 0.25) is 5.88 Å². The van der Waals surface area contributed by atoms with Crippen molar-refractivity contribution in [2.45, 2.75) is 19.9 Å². The summed E-state index contributed by atoms with van der Waals surface area (Å²) in [6, 6.07) is 20.0. The first kappa shape index (κ1) is 24.6. The zero-order valence-electron chi connectivity index (χ0n) is 21.2. The van der Waals surface area contributed by atoms with Crippen LogP contribution in [0.25, 0.3) is 27.6 Å². The van der Waals surface area contributed by atoms with Gasteiger partial charge in [-0.15, -0.1) is 0 Å². The van der Waals surface area contributed by atoms with E-state index in [4.69, 9.17) is 10.5 Å². The number of amides is 1. The molecule has 0 radical (unpaired) electrons. The molecule has 0 saturated carbocycles. The van der Waals surface area contributed by atoms with Gasteiger partial charge in [0.25, 0.3) is 11.5 Å². The summed E-state index contributed by atoms with van der Waals surface area (Å²) in [7, 11) is 1.55. The zero-order valence-corrected chi connectivity index (χ0v) is 21.2. The number of nitrogens with zero attached hydrogens (tertiary/aromatic N) is 4. The average Bonchev–Trinajstić information content (AvgIpc) is 2.93. The number of rotatable bonds is 6. The van der Waals surface area contributed by atoms with E-state index in [0.717, 1.165) is 16.5 Å². The van der Waals surface area contributed by atoms with Crippen LogP contribution in [0.5, 0.6) is 5.88 Å². The van der Waals surface area contributed by atoms with E-state index in [-0.39, 0.29) is 17.1 Å². The van der Waals surface area contributed by atoms with Crippen LogP contribution < -0.4 is 21.3 Å². The maximum Gasteiger partial charge on any atom is 0.274 e. The minimum Gasteiger partial charge on any atom is -0.481 e. The van der Waals surface area contributed by atoms with Crippen LogP contribution in [0.3, 0.4) is 0 Å². The standard InChI is InChI=1S/C29H26N6O3/c1-17-16-32-26(27(30)33-17)28(36)34-18(2)23-14-20-8-7-11-22(19-12-13-31-24(15-19)38-3)25(20)29(37)35(23)21-9-5-4-6-10-21/h4-16,18H,1-3H3,(H2,30,33)(H,34,36)/t18-/m0/s1. The summed E-state index contributed by atoms with van der Waals surface area (Å²) in [6.07, 6.45) is 3.13. The number of methoxy groups -OCH3 is 1. The van der Waals surface area contributed by atoms with E-state index < -0.39 is 11.9 Å². The molecule has 3 N–H and O–H groups in total. The van der Waals surface area contributed by atoms with Crippen LogP contribution in [0.2, 0.25) is 0 Å². The Balaban J connectivity index is 1.68. The number of nitrogen functional groups attached to an aromatic ring is 1. The third kappa shape index (κ3) is 4.57. The second kappa shape index (κ2) is 10.1.